The minimum atomic E-state index is 0.641. The monoisotopic (exact) mass is 288 g/mol. The molecule has 1 aliphatic heterocycles. The second-order valence-corrected chi connectivity index (χ2v) is 7.10. The summed E-state index contributed by atoms with van der Waals surface area (Å²) < 4.78 is 0. The van der Waals surface area contributed by atoms with Crippen molar-refractivity contribution in [2.75, 3.05) is 13.1 Å². The van der Waals surface area contributed by atoms with Crippen LogP contribution in [-0.4, -0.2) is 30.1 Å². The van der Waals surface area contributed by atoms with Gasteiger partial charge in [0.15, 0.2) is 0 Å². The number of rotatable bonds is 6. The van der Waals surface area contributed by atoms with Crippen molar-refractivity contribution < 1.29 is 0 Å². The Morgan fingerprint density at radius 2 is 1.90 bits per heavy atom. The Balaban J connectivity index is 2.05. The smallest absolute Gasteiger partial charge is 0.0237 e. The van der Waals surface area contributed by atoms with E-state index in [2.05, 4.69) is 68.2 Å². The molecule has 21 heavy (non-hydrogen) atoms. The molecule has 0 radical (unpaired) electrons. The highest BCUT2D eigenvalue weighted by Crippen LogP contribution is 2.21. The van der Waals surface area contributed by atoms with Crippen LogP contribution in [0.25, 0.3) is 0 Å². The van der Waals surface area contributed by atoms with Crippen LogP contribution < -0.4 is 5.32 Å². The van der Waals surface area contributed by atoms with Gasteiger partial charge >= 0.3 is 0 Å². The van der Waals surface area contributed by atoms with Gasteiger partial charge < -0.3 is 5.32 Å². The molecule has 0 aliphatic carbocycles. The molecule has 0 aromatic heterocycles. The second kappa shape index (κ2) is 7.95. The first kappa shape index (κ1) is 16.5. The van der Waals surface area contributed by atoms with Gasteiger partial charge in [0.05, 0.1) is 0 Å². The Morgan fingerprint density at radius 1 is 1.19 bits per heavy atom. The Kier molecular flexibility index (Phi) is 6.25. The fourth-order valence-corrected chi connectivity index (χ4v) is 3.34. The zero-order chi connectivity index (χ0) is 15.2. The number of nitrogens with zero attached hydrogens (tertiary/aromatic N) is 1. The van der Waals surface area contributed by atoms with Gasteiger partial charge in [-0.05, 0) is 23.8 Å². The SMILES string of the molecule is CCC(C)C1CN(Cc2ccccc2)C(CC(C)C)CN1. The Labute approximate surface area is 130 Å². The van der Waals surface area contributed by atoms with E-state index in [1.54, 1.807) is 0 Å². The van der Waals surface area contributed by atoms with Crippen molar-refractivity contribution in [2.24, 2.45) is 11.8 Å². The highest BCUT2D eigenvalue weighted by molar-refractivity contribution is 5.15. The molecule has 0 amide bonds. The lowest BCUT2D eigenvalue weighted by atomic mass is 9.92. The zero-order valence-electron chi connectivity index (χ0n) is 14.2. The van der Waals surface area contributed by atoms with E-state index in [4.69, 9.17) is 0 Å². The molecule has 3 atom stereocenters. The summed E-state index contributed by atoms with van der Waals surface area (Å²) in [5.74, 6) is 1.51. The molecule has 1 aliphatic rings. The predicted molar refractivity (Wildman–Crippen MR) is 91.3 cm³/mol. The van der Waals surface area contributed by atoms with Crippen LogP contribution in [0.5, 0.6) is 0 Å². The van der Waals surface area contributed by atoms with Gasteiger partial charge in [0.2, 0.25) is 0 Å². The number of piperazine rings is 1. The van der Waals surface area contributed by atoms with Gasteiger partial charge in [-0.15, -0.1) is 0 Å². The molecular formula is C19H32N2. The van der Waals surface area contributed by atoms with E-state index in [0.29, 0.717) is 12.1 Å². The van der Waals surface area contributed by atoms with E-state index in [-0.39, 0.29) is 0 Å². The van der Waals surface area contributed by atoms with E-state index >= 15 is 0 Å². The molecule has 1 aromatic rings. The molecule has 0 spiro atoms. The summed E-state index contributed by atoms with van der Waals surface area (Å²) in [7, 11) is 0. The number of benzene rings is 1. The van der Waals surface area contributed by atoms with Gasteiger partial charge in [-0.3, -0.25) is 4.90 Å². The topological polar surface area (TPSA) is 15.3 Å². The Morgan fingerprint density at radius 3 is 2.52 bits per heavy atom. The normalized spacial score (nSPS) is 25.2. The number of hydrogen-bond acceptors (Lipinski definition) is 2. The average Bonchev–Trinajstić information content (AvgIpc) is 2.49. The summed E-state index contributed by atoms with van der Waals surface area (Å²) in [6.45, 7) is 12.8. The molecule has 2 rings (SSSR count). The summed E-state index contributed by atoms with van der Waals surface area (Å²) in [6, 6.07) is 12.2. The first-order chi connectivity index (χ1) is 10.1. The van der Waals surface area contributed by atoms with Crippen LogP contribution in [0.2, 0.25) is 0 Å². The fourth-order valence-electron chi connectivity index (χ4n) is 3.34. The van der Waals surface area contributed by atoms with Crippen molar-refractivity contribution in [3.8, 4) is 0 Å². The zero-order valence-corrected chi connectivity index (χ0v) is 14.2. The summed E-state index contributed by atoms with van der Waals surface area (Å²) in [5.41, 5.74) is 1.44. The van der Waals surface area contributed by atoms with Crippen LogP contribution in [-0.2, 0) is 6.54 Å². The van der Waals surface area contributed by atoms with Crippen molar-refractivity contribution in [3.05, 3.63) is 35.9 Å². The average molecular weight is 288 g/mol. The van der Waals surface area contributed by atoms with Gasteiger partial charge in [-0.25, -0.2) is 0 Å². The Hall–Kier alpha value is -0.860. The standard InChI is InChI=1S/C19H32N2/c1-5-16(4)19-14-21(13-17-9-7-6-8-10-17)18(12-20-19)11-15(2)3/h6-10,15-16,18-20H,5,11-14H2,1-4H3. The molecule has 1 heterocycles. The van der Waals surface area contributed by atoms with Crippen LogP contribution in [0.15, 0.2) is 30.3 Å². The minimum Gasteiger partial charge on any atom is -0.311 e. The molecule has 3 unspecified atom stereocenters. The van der Waals surface area contributed by atoms with E-state index in [1.165, 1.54) is 24.9 Å². The van der Waals surface area contributed by atoms with Crippen molar-refractivity contribution >= 4 is 0 Å². The van der Waals surface area contributed by atoms with Gasteiger partial charge in [0, 0.05) is 31.7 Å². The summed E-state index contributed by atoms with van der Waals surface area (Å²) in [4.78, 5) is 2.71. The molecule has 2 nitrogen and oxygen atoms in total. The van der Waals surface area contributed by atoms with Crippen LogP contribution in [0.1, 0.15) is 46.1 Å². The van der Waals surface area contributed by atoms with Crippen LogP contribution in [0.3, 0.4) is 0 Å². The lowest BCUT2D eigenvalue weighted by Crippen LogP contribution is -2.58. The van der Waals surface area contributed by atoms with E-state index in [1.807, 2.05) is 0 Å². The highest BCUT2D eigenvalue weighted by Gasteiger charge is 2.30. The third-order valence-electron chi connectivity index (χ3n) is 4.87. The molecular weight excluding hydrogens is 256 g/mol. The quantitative estimate of drug-likeness (QED) is 0.853. The summed E-state index contributed by atoms with van der Waals surface area (Å²) in [6.07, 6.45) is 2.54. The number of nitrogens with one attached hydrogen (secondary N) is 1. The summed E-state index contributed by atoms with van der Waals surface area (Å²) in [5, 5.41) is 3.80. The van der Waals surface area contributed by atoms with Gasteiger partial charge in [0.25, 0.3) is 0 Å². The lowest BCUT2D eigenvalue weighted by Gasteiger charge is -2.43. The van der Waals surface area contributed by atoms with Crippen LogP contribution >= 0.6 is 0 Å². The predicted octanol–water partition coefficient (Wildman–Crippen LogP) is 3.92. The Bertz CT molecular complexity index is 401. The van der Waals surface area contributed by atoms with E-state index < -0.39 is 0 Å². The van der Waals surface area contributed by atoms with Crippen molar-refractivity contribution in [2.45, 2.75) is 59.2 Å². The molecule has 2 heteroatoms. The molecule has 118 valence electrons. The third-order valence-corrected chi connectivity index (χ3v) is 4.87. The molecule has 1 aromatic carbocycles. The van der Waals surface area contributed by atoms with Crippen LogP contribution in [0.4, 0.5) is 0 Å². The molecule has 0 bridgehead atoms. The molecule has 1 fully saturated rings. The largest absolute Gasteiger partial charge is 0.311 e. The van der Waals surface area contributed by atoms with Crippen molar-refractivity contribution in [3.63, 3.8) is 0 Å². The van der Waals surface area contributed by atoms with Gasteiger partial charge in [0.1, 0.15) is 0 Å². The maximum Gasteiger partial charge on any atom is 0.0237 e. The summed E-state index contributed by atoms with van der Waals surface area (Å²) >= 11 is 0. The van der Waals surface area contributed by atoms with Gasteiger partial charge in [-0.1, -0.05) is 64.4 Å². The first-order valence-electron chi connectivity index (χ1n) is 8.61. The number of hydrogen-bond donors (Lipinski definition) is 1. The fraction of sp³-hybridized carbons (Fsp3) is 0.684. The maximum atomic E-state index is 3.80. The maximum absolute atomic E-state index is 3.80. The first-order valence-corrected chi connectivity index (χ1v) is 8.61. The van der Waals surface area contributed by atoms with Crippen molar-refractivity contribution in [1.82, 2.24) is 10.2 Å². The molecule has 1 saturated heterocycles. The minimum absolute atomic E-state index is 0.641. The molecule has 1 N–H and O–H groups in total. The third kappa shape index (κ3) is 4.82. The van der Waals surface area contributed by atoms with Crippen LogP contribution in [0, 0.1) is 11.8 Å². The van der Waals surface area contributed by atoms with Crippen molar-refractivity contribution in [1.29, 1.82) is 0 Å². The lowest BCUT2D eigenvalue weighted by molar-refractivity contribution is 0.0889. The van der Waals surface area contributed by atoms with E-state index in [9.17, 15) is 0 Å². The second-order valence-electron chi connectivity index (χ2n) is 7.10. The van der Waals surface area contributed by atoms with Gasteiger partial charge in [-0.2, -0.15) is 0 Å². The van der Waals surface area contributed by atoms with E-state index in [0.717, 1.165) is 24.9 Å². The molecule has 0 saturated carbocycles. The highest BCUT2D eigenvalue weighted by atomic mass is 15.2.